The van der Waals surface area contributed by atoms with Crippen LogP contribution in [0.15, 0.2) is 30.9 Å². The van der Waals surface area contributed by atoms with E-state index in [0.717, 1.165) is 74.7 Å². The molecule has 2 saturated heterocycles. The third-order valence-corrected chi connectivity index (χ3v) is 7.49. The predicted octanol–water partition coefficient (Wildman–Crippen LogP) is 2.98. The standard InChI is InChI=1S/C25H32N6O2/c1-2-32-20-12-30(13-20)18-9-8-17-5-3-7-22(21(17)11-18)33-14-19-6-4-10-31(19)25-23-24(27-15-26-23)28-16-29-25/h3,5,7,15-16,18-20H,2,4,6,8-14H2,1H3,(H,26,27,28,29)/t18?,19-/m1/s1. The molecule has 2 aliphatic heterocycles. The minimum absolute atomic E-state index is 0.289. The van der Waals surface area contributed by atoms with Crippen molar-refractivity contribution in [2.24, 2.45) is 0 Å². The normalized spacial score (nSPS) is 23.6. The molecule has 6 rings (SSSR count). The van der Waals surface area contributed by atoms with Crippen LogP contribution in [0.5, 0.6) is 5.75 Å². The number of nitrogens with one attached hydrogen (secondary N) is 1. The average Bonchev–Trinajstić information content (AvgIpc) is 3.48. The van der Waals surface area contributed by atoms with Gasteiger partial charge in [-0.1, -0.05) is 12.1 Å². The minimum Gasteiger partial charge on any atom is -0.491 e. The number of fused-ring (bicyclic) bond motifs is 2. The van der Waals surface area contributed by atoms with Gasteiger partial charge in [0.2, 0.25) is 0 Å². The number of hydrogen-bond acceptors (Lipinski definition) is 7. The van der Waals surface area contributed by atoms with Crippen molar-refractivity contribution in [3.05, 3.63) is 42.0 Å². The number of imidazole rings is 1. The van der Waals surface area contributed by atoms with Crippen molar-refractivity contribution in [3.63, 3.8) is 0 Å². The van der Waals surface area contributed by atoms with E-state index in [0.29, 0.717) is 18.8 Å². The number of rotatable bonds is 7. The first-order valence-corrected chi connectivity index (χ1v) is 12.3. The van der Waals surface area contributed by atoms with Crippen molar-refractivity contribution in [1.82, 2.24) is 24.8 Å². The first kappa shape index (κ1) is 20.9. The molecule has 1 N–H and O–H groups in total. The number of ether oxygens (including phenoxy) is 2. The Hall–Kier alpha value is -2.71. The molecule has 174 valence electrons. The highest BCUT2D eigenvalue weighted by Gasteiger charge is 2.35. The molecule has 3 aliphatic rings. The van der Waals surface area contributed by atoms with Crippen molar-refractivity contribution in [2.45, 2.75) is 57.2 Å². The second kappa shape index (κ2) is 8.91. The van der Waals surface area contributed by atoms with Gasteiger partial charge in [-0.2, -0.15) is 0 Å². The molecule has 33 heavy (non-hydrogen) atoms. The molecule has 0 amide bonds. The molecule has 1 aliphatic carbocycles. The fourth-order valence-electron chi connectivity index (χ4n) is 5.73. The molecule has 1 aromatic carbocycles. The number of aromatic amines is 1. The van der Waals surface area contributed by atoms with Gasteiger partial charge in [-0.25, -0.2) is 15.0 Å². The van der Waals surface area contributed by atoms with Gasteiger partial charge in [0.1, 0.15) is 24.2 Å². The fraction of sp³-hybridized carbons (Fsp3) is 0.560. The molecule has 0 bridgehead atoms. The Kier molecular flexibility index (Phi) is 5.63. The molecule has 2 atom stereocenters. The van der Waals surface area contributed by atoms with E-state index in [1.165, 1.54) is 17.5 Å². The van der Waals surface area contributed by atoms with E-state index in [1.54, 1.807) is 12.7 Å². The van der Waals surface area contributed by atoms with E-state index in [1.807, 2.05) is 0 Å². The molecular weight excluding hydrogens is 416 g/mol. The summed E-state index contributed by atoms with van der Waals surface area (Å²) in [5, 5.41) is 0. The number of aryl methyl sites for hydroxylation is 1. The monoisotopic (exact) mass is 448 g/mol. The van der Waals surface area contributed by atoms with Gasteiger partial charge >= 0.3 is 0 Å². The number of likely N-dealkylation sites (tertiary alicyclic amines) is 1. The molecular formula is C25H32N6O2. The lowest BCUT2D eigenvalue weighted by Gasteiger charge is -2.45. The maximum absolute atomic E-state index is 6.52. The zero-order valence-corrected chi connectivity index (χ0v) is 19.2. The largest absolute Gasteiger partial charge is 0.491 e. The first-order valence-electron chi connectivity index (χ1n) is 12.3. The summed E-state index contributed by atoms with van der Waals surface area (Å²) in [6.45, 7) is 6.65. The molecule has 0 spiro atoms. The van der Waals surface area contributed by atoms with Gasteiger partial charge < -0.3 is 19.4 Å². The van der Waals surface area contributed by atoms with Crippen LogP contribution in [-0.4, -0.2) is 75.9 Å². The van der Waals surface area contributed by atoms with Gasteiger partial charge in [0, 0.05) is 32.3 Å². The van der Waals surface area contributed by atoms with Crippen LogP contribution in [0.25, 0.3) is 11.2 Å². The molecule has 8 nitrogen and oxygen atoms in total. The van der Waals surface area contributed by atoms with Crippen molar-refractivity contribution in [3.8, 4) is 5.75 Å². The summed E-state index contributed by atoms with van der Waals surface area (Å²) >= 11 is 0. The van der Waals surface area contributed by atoms with Crippen LogP contribution >= 0.6 is 0 Å². The number of nitrogens with zero attached hydrogens (tertiary/aromatic N) is 5. The van der Waals surface area contributed by atoms with Gasteiger partial charge in [-0.3, -0.25) is 4.90 Å². The zero-order valence-electron chi connectivity index (χ0n) is 19.2. The topological polar surface area (TPSA) is 79.4 Å². The summed E-state index contributed by atoms with van der Waals surface area (Å²) in [6.07, 6.45) is 9.36. The molecule has 3 aromatic rings. The quantitative estimate of drug-likeness (QED) is 0.595. The maximum Gasteiger partial charge on any atom is 0.162 e. The predicted molar refractivity (Wildman–Crippen MR) is 127 cm³/mol. The molecule has 4 heterocycles. The van der Waals surface area contributed by atoms with Crippen LogP contribution in [0.2, 0.25) is 0 Å². The van der Waals surface area contributed by atoms with E-state index in [2.05, 4.69) is 54.9 Å². The molecule has 8 heteroatoms. The second-order valence-corrected chi connectivity index (χ2v) is 9.42. The van der Waals surface area contributed by atoms with Gasteiger partial charge in [-0.15, -0.1) is 0 Å². The van der Waals surface area contributed by atoms with Crippen LogP contribution in [0.4, 0.5) is 5.82 Å². The van der Waals surface area contributed by atoms with Gasteiger partial charge in [0.15, 0.2) is 11.5 Å². The third kappa shape index (κ3) is 3.95. The Morgan fingerprint density at radius 3 is 3.00 bits per heavy atom. The van der Waals surface area contributed by atoms with Gasteiger partial charge in [0.25, 0.3) is 0 Å². The number of benzene rings is 1. The summed E-state index contributed by atoms with van der Waals surface area (Å²) in [6, 6.07) is 7.45. The zero-order chi connectivity index (χ0) is 22.2. The summed E-state index contributed by atoms with van der Waals surface area (Å²) in [5.41, 5.74) is 4.47. The maximum atomic E-state index is 6.52. The van der Waals surface area contributed by atoms with Crippen LogP contribution in [-0.2, 0) is 17.6 Å². The van der Waals surface area contributed by atoms with Gasteiger partial charge in [-0.05, 0) is 56.2 Å². The second-order valence-electron chi connectivity index (χ2n) is 9.42. The van der Waals surface area contributed by atoms with Gasteiger partial charge in [0.05, 0.1) is 18.5 Å². The Bertz CT molecular complexity index is 1110. The van der Waals surface area contributed by atoms with E-state index in [4.69, 9.17) is 9.47 Å². The molecule has 2 aromatic heterocycles. The fourth-order valence-corrected chi connectivity index (χ4v) is 5.73. The van der Waals surface area contributed by atoms with Crippen molar-refractivity contribution >= 4 is 17.0 Å². The van der Waals surface area contributed by atoms with E-state index >= 15 is 0 Å². The smallest absolute Gasteiger partial charge is 0.162 e. The Labute approximate surface area is 194 Å². The summed E-state index contributed by atoms with van der Waals surface area (Å²) in [4.78, 5) is 21.3. The highest BCUT2D eigenvalue weighted by molar-refractivity contribution is 5.83. The Morgan fingerprint density at radius 1 is 1.15 bits per heavy atom. The van der Waals surface area contributed by atoms with Crippen molar-refractivity contribution in [1.29, 1.82) is 0 Å². The number of aromatic nitrogens is 4. The lowest BCUT2D eigenvalue weighted by molar-refractivity contribution is -0.0698. The summed E-state index contributed by atoms with van der Waals surface area (Å²) in [5.74, 6) is 1.96. The number of hydrogen-bond donors (Lipinski definition) is 1. The summed E-state index contributed by atoms with van der Waals surface area (Å²) in [7, 11) is 0. The Balaban J connectivity index is 1.15. The van der Waals surface area contributed by atoms with E-state index < -0.39 is 0 Å². The lowest BCUT2D eigenvalue weighted by Crippen LogP contribution is -2.57. The summed E-state index contributed by atoms with van der Waals surface area (Å²) < 4.78 is 12.3. The van der Waals surface area contributed by atoms with E-state index in [-0.39, 0.29) is 6.04 Å². The van der Waals surface area contributed by atoms with Crippen molar-refractivity contribution in [2.75, 3.05) is 37.7 Å². The van der Waals surface area contributed by atoms with Crippen LogP contribution in [0.3, 0.4) is 0 Å². The number of anilines is 1. The molecule has 2 fully saturated rings. The average molecular weight is 449 g/mol. The SMILES string of the molecule is CCOC1CN(C2CCc3cccc(OC[C@H]4CCCN4c4ncnc5[nH]cnc45)c3C2)C1. The highest BCUT2D eigenvalue weighted by Crippen LogP contribution is 2.34. The van der Waals surface area contributed by atoms with Crippen LogP contribution < -0.4 is 9.64 Å². The third-order valence-electron chi connectivity index (χ3n) is 7.49. The molecule has 0 saturated carbocycles. The lowest BCUT2D eigenvalue weighted by atomic mass is 9.85. The number of H-pyrrole nitrogens is 1. The Morgan fingerprint density at radius 2 is 2.09 bits per heavy atom. The highest BCUT2D eigenvalue weighted by atomic mass is 16.5. The molecule has 1 unspecified atom stereocenters. The molecule has 0 radical (unpaired) electrons. The van der Waals surface area contributed by atoms with E-state index in [9.17, 15) is 0 Å². The minimum atomic E-state index is 0.289. The van der Waals surface area contributed by atoms with Crippen LogP contribution in [0.1, 0.15) is 37.3 Å². The first-order chi connectivity index (χ1) is 16.3. The van der Waals surface area contributed by atoms with Crippen molar-refractivity contribution < 1.29 is 9.47 Å². The van der Waals surface area contributed by atoms with Crippen LogP contribution in [0, 0.1) is 0 Å².